The summed E-state index contributed by atoms with van der Waals surface area (Å²) in [6, 6.07) is 22.0. The highest BCUT2D eigenvalue weighted by molar-refractivity contribution is 7.89. The highest BCUT2D eigenvalue weighted by Gasteiger charge is 2.13. The number of carbonyl (C=O) groups excluding carboxylic acids is 1. The molecule has 5 aromatic rings. The Morgan fingerprint density at radius 3 is 2.52 bits per heavy atom. The number of primary sulfonamides is 1. The number of thiazole rings is 1. The predicted octanol–water partition coefficient (Wildman–Crippen LogP) is 3.84. The molecule has 0 aliphatic rings. The molecule has 0 bridgehead atoms. The molecule has 166 valence electrons. The van der Waals surface area contributed by atoms with Gasteiger partial charge in [0.15, 0.2) is 4.96 Å². The lowest BCUT2D eigenvalue weighted by Crippen LogP contribution is -2.25. The lowest BCUT2D eigenvalue weighted by atomic mass is 10.1. The van der Waals surface area contributed by atoms with Gasteiger partial charge in [0.25, 0.3) is 5.91 Å². The van der Waals surface area contributed by atoms with Crippen molar-refractivity contribution in [2.24, 2.45) is 5.14 Å². The molecule has 0 aliphatic heterocycles. The van der Waals surface area contributed by atoms with E-state index in [-0.39, 0.29) is 10.8 Å². The molecule has 0 spiro atoms. The van der Waals surface area contributed by atoms with Crippen LogP contribution in [0.4, 0.5) is 0 Å². The largest absolute Gasteiger partial charge is 0.352 e. The SMILES string of the molecule is NS(=O)(=O)c1ccc(CCNC(=O)c2ccc3c(c2)sc2nc(-c4ccccc4)cn23)cc1. The standard InChI is InChI=1S/C24H20N4O3S2/c25-33(30,31)19-9-6-16(7-10-19)12-13-26-23(29)18-8-11-21-22(14-18)32-24-27-20(15-28(21)24)17-4-2-1-3-5-17/h1-11,14-15H,12-13H2,(H,26,29)(H2,25,30,31). The van der Waals surface area contributed by atoms with Crippen LogP contribution in [0.3, 0.4) is 0 Å². The first kappa shape index (κ1) is 21.3. The molecule has 0 atom stereocenters. The normalized spacial score (nSPS) is 11.8. The van der Waals surface area contributed by atoms with Crippen molar-refractivity contribution in [1.29, 1.82) is 0 Å². The van der Waals surface area contributed by atoms with Crippen molar-refractivity contribution in [2.45, 2.75) is 11.3 Å². The van der Waals surface area contributed by atoms with Crippen LogP contribution >= 0.6 is 11.3 Å². The van der Waals surface area contributed by atoms with Gasteiger partial charge in [0.1, 0.15) is 0 Å². The zero-order valence-electron chi connectivity index (χ0n) is 17.4. The first-order chi connectivity index (χ1) is 15.9. The maximum absolute atomic E-state index is 12.6. The monoisotopic (exact) mass is 476 g/mol. The fourth-order valence-corrected chi connectivity index (χ4v) is 5.22. The molecule has 0 radical (unpaired) electrons. The van der Waals surface area contributed by atoms with Crippen LogP contribution in [0.25, 0.3) is 26.4 Å². The van der Waals surface area contributed by atoms with Gasteiger partial charge < -0.3 is 5.32 Å². The Hall–Kier alpha value is -3.53. The summed E-state index contributed by atoms with van der Waals surface area (Å²) in [5.41, 5.74) is 4.49. The number of hydrogen-bond acceptors (Lipinski definition) is 5. The third-order valence-corrected chi connectivity index (χ3v) is 7.32. The Morgan fingerprint density at radius 1 is 1.03 bits per heavy atom. The maximum Gasteiger partial charge on any atom is 0.251 e. The van der Waals surface area contributed by atoms with Crippen molar-refractivity contribution < 1.29 is 13.2 Å². The van der Waals surface area contributed by atoms with Gasteiger partial charge in [0, 0.05) is 23.9 Å². The fraction of sp³-hybridized carbons (Fsp3) is 0.0833. The minimum absolute atomic E-state index is 0.0711. The smallest absolute Gasteiger partial charge is 0.251 e. The number of amides is 1. The van der Waals surface area contributed by atoms with Gasteiger partial charge in [0.2, 0.25) is 10.0 Å². The molecule has 5 rings (SSSR count). The molecule has 9 heteroatoms. The fourth-order valence-electron chi connectivity index (χ4n) is 3.66. The van der Waals surface area contributed by atoms with Crippen LogP contribution in [0, 0.1) is 0 Å². The second-order valence-electron chi connectivity index (χ2n) is 7.62. The van der Waals surface area contributed by atoms with Crippen molar-refractivity contribution >= 4 is 42.4 Å². The van der Waals surface area contributed by atoms with E-state index in [1.54, 1.807) is 23.5 Å². The third-order valence-electron chi connectivity index (χ3n) is 5.38. The number of nitrogens with zero attached hydrogens (tertiary/aromatic N) is 2. The molecule has 0 aliphatic carbocycles. The van der Waals surface area contributed by atoms with E-state index in [1.165, 1.54) is 12.1 Å². The minimum atomic E-state index is -3.70. The van der Waals surface area contributed by atoms with Gasteiger partial charge in [-0.1, -0.05) is 53.8 Å². The van der Waals surface area contributed by atoms with Crippen LogP contribution in [-0.2, 0) is 16.4 Å². The number of carbonyl (C=O) groups is 1. The topological polar surface area (TPSA) is 107 Å². The molecule has 0 fully saturated rings. The van der Waals surface area contributed by atoms with Crippen molar-refractivity contribution in [1.82, 2.24) is 14.7 Å². The van der Waals surface area contributed by atoms with E-state index in [0.717, 1.165) is 32.0 Å². The third kappa shape index (κ3) is 4.38. The molecule has 0 saturated carbocycles. The molecule has 2 aromatic heterocycles. The first-order valence-corrected chi connectivity index (χ1v) is 12.6. The Bertz CT molecular complexity index is 1570. The number of benzene rings is 3. The van der Waals surface area contributed by atoms with E-state index in [2.05, 4.69) is 9.72 Å². The number of nitrogens with two attached hydrogens (primary N) is 1. The van der Waals surface area contributed by atoms with Gasteiger partial charge in [-0.05, 0) is 42.3 Å². The number of fused-ring (bicyclic) bond motifs is 3. The molecule has 3 N–H and O–H groups in total. The number of aromatic nitrogens is 2. The van der Waals surface area contributed by atoms with Gasteiger partial charge >= 0.3 is 0 Å². The molecule has 1 amide bonds. The summed E-state index contributed by atoms with van der Waals surface area (Å²) < 4.78 is 25.7. The van der Waals surface area contributed by atoms with Crippen molar-refractivity contribution in [3.05, 3.63) is 90.1 Å². The molecule has 2 heterocycles. The summed E-state index contributed by atoms with van der Waals surface area (Å²) >= 11 is 1.55. The van der Waals surface area contributed by atoms with Crippen molar-refractivity contribution in [3.63, 3.8) is 0 Å². The molecule has 7 nitrogen and oxygen atoms in total. The predicted molar refractivity (Wildman–Crippen MR) is 130 cm³/mol. The van der Waals surface area contributed by atoms with Crippen LogP contribution in [0.15, 0.2) is 83.9 Å². The lowest BCUT2D eigenvalue weighted by molar-refractivity contribution is 0.0954. The second kappa shape index (κ2) is 8.43. The minimum Gasteiger partial charge on any atom is -0.352 e. The highest BCUT2D eigenvalue weighted by Crippen LogP contribution is 2.30. The summed E-state index contributed by atoms with van der Waals surface area (Å²) in [6.45, 7) is 0.430. The van der Waals surface area contributed by atoms with E-state index in [1.807, 2.05) is 54.7 Å². The molecule has 0 unspecified atom stereocenters. The molecule has 0 saturated heterocycles. The van der Waals surface area contributed by atoms with Crippen LogP contribution in [-0.4, -0.2) is 30.3 Å². The number of sulfonamides is 1. The van der Waals surface area contributed by atoms with Gasteiger partial charge in [-0.15, -0.1) is 0 Å². The van der Waals surface area contributed by atoms with E-state index < -0.39 is 10.0 Å². The average Bonchev–Trinajstić information content (AvgIpc) is 3.37. The van der Waals surface area contributed by atoms with E-state index in [9.17, 15) is 13.2 Å². The molecular weight excluding hydrogens is 456 g/mol. The van der Waals surface area contributed by atoms with Crippen LogP contribution in [0.2, 0.25) is 0 Å². The van der Waals surface area contributed by atoms with Gasteiger partial charge in [0.05, 0.1) is 20.8 Å². The van der Waals surface area contributed by atoms with E-state index >= 15 is 0 Å². The number of imidazole rings is 1. The van der Waals surface area contributed by atoms with Gasteiger partial charge in [-0.3, -0.25) is 9.20 Å². The summed E-state index contributed by atoms with van der Waals surface area (Å²) in [5, 5.41) is 8.03. The van der Waals surface area contributed by atoms with Crippen LogP contribution in [0.1, 0.15) is 15.9 Å². The van der Waals surface area contributed by atoms with Gasteiger partial charge in [-0.2, -0.15) is 0 Å². The molecule has 3 aromatic carbocycles. The van der Waals surface area contributed by atoms with Crippen LogP contribution in [0.5, 0.6) is 0 Å². The Balaban J connectivity index is 1.28. The Kier molecular flexibility index (Phi) is 5.45. The van der Waals surface area contributed by atoms with E-state index in [0.29, 0.717) is 18.5 Å². The van der Waals surface area contributed by atoms with Crippen molar-refractivity contribution in [2.75, 3.05) is 6.54 Å². The van der Waals surface area contributed by atoms with Gasteiger partial charge in [-0.25, -0.2) is 18.5 Å². The quantitative estimate of drug-likeness (QED) is 0.388. The lowest BCUT2D eigenvalue weighted by Gasteiger charge is -2.06. The maximum atomic E-state index is 12.6. The summed E-state index contributed by atoms with van der Waals surface area (Å²) in [6.07, 6.45) is 2.60. The zero-order valence-corrected chi connectivity index (χ0v) is 19.1. The summed E-state index contributed by atoms with van der Waals surface area (Å²) in [7, 11) is -3.70. The number of hydrogen-bond donors (Lipinski definition) is 2. The molecular formula is C24H20N4O3S2. The summed E-state index contributed by atoms with van der Waals surface area (Å²) in [5.74, 6) is -0.158. The highest BCUT2D eigenvalue weighted by atomic mass is 32.2. The van der Waals surface area contributed by atoms with E-state index in [4.69, 9.17) is 10.1 Å². The summed E-state index contributed by atoms with van der Waals surface area (Å²) in [4.78, 5) is 18.3. The Morgan fingerprint density at radius 2 is 1.79 bits per heavy atom. The Labute approximate surface area is 194 Å². The van der Waals surface area contributed by atoms with Crippen LogP contribution < -0.4 is 10.5 Å². The number of nitrogens with one attached hydrogen (secondary N) is 1. The zero-order chi connectivity index (χ0) is 23.0. The number of rotatable bonds is 6. The first-order valence-electron chi connectivity index (χ1n) is 10.3. The molecule has 33 heavy (non-hydrogen) atoms. The van der Waals surface area contributed by atoms with Crippen molar-refractivity contribution in [3.8, 4) is 11.3 Å². The average molecular weight is 477 g/mol. The second-order valence-corrected chi connectivity index (χ2v) is 10.2.